The maximum Gasteiger partial charge on any atom is 0.273 e. The normalized spacial score (nSPS) is 14.3. The van der Waals surface area contributed by atoms with Gasteiger partial charge in [0, 0.05) is 30.1 Å². The van der Waals surface area contributed by atoms with Crippen LogP contribution in [0.4, 0.5) is 0 Å². The van der Waals surface area contributed by atoms with E-state index in [1.807, 2.05) is 86.6 Å². The average molecular weight is 547 g/mol. The minimum atomic E-state index is -0.497. The topological polar surface area (TPSA) is 101 Å². The van der Waals surface area contributed by atoms with Gasteiger partial charge in [-0.25, -0.2) is 0 Å². The third-order valence-electron chi connectivity index (χ3n) is 7.38. The van der Waals surface area contributed by atoms with Gasteiger partial charge in [0.15, 0.2) is 11.5 Å². The van der Waals surface area contributed by atoms with Crippen LogP contribution < -0.4 is 9.47 Å². The molecule has 1 unspecified atom stereocenters. The Morgan fingerprint density at radius 3 is 2.54 bits per heavy atom. The van der Waals surface area contributed by atoms with Crippen molar-refractivity contribution in [2.24, 2.45) is 0 Å². The van der Waals surface area contributed by atoms with Crippen molar-refractivity contribution in [2.45, 2.75) is 33.0 Å². The molecule has 3 aromatic carbocycles. The molecular formula is C33H30N4O4. The van der Waals surface area contributed by atoms with Crippen LogP contribution in [0.2, 0.25) is 0 Å². The monoisotopic (exact) mass is 546 g/mol. The average Bonchev–Trinajstić information content (AvgIpc) is 3.53. The van der Waals surface area contributed by atoms with Crippen molar-refractivity contribution in [1.82, 2.24) is 20.1 Å². The molecule has 8 nitrogen and oxygen atoms in total. The number of hydrogen-bond acceptors (Lipinski definition) is 6. The van der Waals surface area contributed by atoms with Gasteiger partial charge in [-0.15, -0.1) is 0 Å². The Morgan fingerprint density at radius 1 is 0.976 bits per heavy atom. The summed E-state index contributed by atoms with van der Waals surface area (Å²) in [5.41, 5.74) is 6.73. The zero-order valence-electron chi connectivity index (χ0n) is 23.1. The lowest BCUT2D eigenvalue weighted by Gasteiger charge is -2.27. The largest absolute Gasteiger partial charge is 0.507 e. The van der Waals surface area contributed by atoms with E-state index >= 15 is 0 Å². The number of pyridine rings is 1. The van der Waals surface area contributed by atoms with Crippen LogP contribution in [0, 0.1) is 13.8 Å². The lowest BCUT2D eigenvalue weighted by atomic mass is 9.93. The maximum atomic E-state index is 13.8. The smallest absolute Gasteiger partial charge is 0.273 e. The number of methoxy groups -OCH3 is 1. The summed E-state index contributed by atoms with van der Waals surface area (Å²) in [7, 11) is 1.60. The summed E-state index contributed by atoms with van der Waals surface area (Å²) in [5.74, 6) is 1.12. The van der Waals surface area contributed by atoms with Gasteiger partial charge in [-0.3, -0.25) is 14.9 Å². The highest BCUT2D eigenvalue weighted by Gasteiger charge is 2.43. The lowest BCUT2D eigenvalue weighted by Crippen LogP contribution is -2.29. The molecule has 1 atom stereocenters. The van der Waals surface area contributed by atoms with E-state index in [0.717, 1.165) is 27.8 Å². The SMILES string of the molecule is COc1cc(C2c3c(-c4cc(C)cc(C)c4O)n[nH]c3C(=O)N2Cc2cccnc2)ccc1OCc1ccccc1. The number of carbonyl (C=O) groups is 1. The first-order valence-corrected chi connectivity index (χ1v) is 13.4. The minimum Gasteiger partial charge on any atom is -0.507 e. The zero-order chi connectivity index (χ0) is 28.5. The fourth-order valence-electron chi connectivity index (χ4n) is 5.45. The summed E-state index contributed by atoms with van der Waals surface area (Å²) < 4.78 is 11.8. The molecule has 41 heavy (non-hydrogen) atoms. The van der Waals surface area contributed by atoms with Crippen molar-refractivity contribution in [3.05, 3.63) is 124 Å². The van der Waals surface area contributed by atoms with Gasteiger partial charge >= 0.3 is 0 Å². The van der Waals surface area contributed by atoms with Crippen LogP contribution in [0.15, 0.2) is 85.2 Å². The fourth-order valence-corrected chi connectivity index (χ4v) is 5.45. The van der Waals surface area contributed by atoms with Gasteiger partial charge in [0.1, 0.15) is 23.7 Å². The first-order valence-electron chi connectivity index (χ1n) is 13.4. The number of aryl methyl sites for hydroxylation is 2. The van der Waals surface area contributed by atoms with Crippen molar-refractivity contribution in [3.63, 3.8) is 0 Å². The third-order valence-corrected chi connectivity index (χ3v) is 7.38. The standard InChI is InChI=1S/C33H30N4O4/c1-20-14-21(2)32(38)25(15-20)29-28-30(36-35-29)33(39)37(18-23-10-7-13-34-17-23)31(28)24-11-12-26(27(16-24)40-3)41-19-22-8-5-4-6-9-22/h4-17,31,38H,18-19H2,1-3H3,(H,35,36). The predicted molar refractivity (Wildman–Crippen MR) is 155 cm³/mol. The molecule has 206 valence electrons. The number of nitrogens with zero attached hydrogens (tertiary/aromatic N) is 3. The molecular weight excluding hydrogens is 516 g/mol. The second kappa shape index (κ2) is 10.8. The minimum absolute atomic E-state index is 0.143. The number of fused-ring (bicyclic) bond motifs is 1. The van der Waals surface area contributed by atoms with Crippen LogP contribution in [0.25, 0.3) is 11.3 Å². The fraction of sp³-hybridized carbons (Fsp3) is 0.182. The van der Waals surface area contributed by atoms with Gasteiger partial charge in [-0.05, 0) is 65.9 Å². The predicted octanol–water partition coefficient (Wildman–Crippen LogP) is 6.13. The molecule has 5 aromatic rings. The lowest BCUT2D eigenvalue weighted by molar-refractivity contribution is 0.0729. The van der Waals surface area contributed by atoms with E-state index in [1.165, 1.54) is 0 Å². The van der Waals surface area contributed by atoms with Gasteiger partial charge in [-0.1, -0.05) is 48.5 Å². The van der Waals surface area contributed by atoms with Gasteiger partial charge in [0.25, 0.3) is 5.91 Å². The summed E-state index contributed by atoms with van der Waals surface area (Å²) >= 11 is 0. The number of aromatic nitrogens is 3. The van der Waals surface area contributed by atoms with Gasteiger partial charge < -0.3 is 19.5 Å². The number of rotatable bonds is 8. The number of nitrogens with one attached hydrogen (secondary N) is 1. The van der Waals surface area contributed by atoms with Crippen molar-refractivity contribution in [2.75, 3.05) is 7.11 Å². The van der Waals surface area contributed by atoms with E-state index in [1.54, 1.807) is 24.4 Å². The van der Waals surface area contributed by atoms with Crippen LogP contribution in [0.3, 0.4) is 0 Å². The molecule has 8 heteroatoms. The first-order chi connectivity index (χ1) is 19.9. The molecule has 1 aliphatic heterocycles. The Kier molecular flexibility index (Phi) is 6.89. The van der Waals surface area contributed by atoms with Crippen molar-refractivity contribution in [3.8, 4) is 28.5 Å². The van der Waals surface area contributed by atoms with E-state index in [-0.39, 0.29) is 11.7 Å². The number of amides is 1. The quantitative estimate of drug-likeness (QED) is 0.243. The Labute approximate surface area is 238 Å². The molecule has 0 radical (unpaired) electrons. The van der Waals surface area contributed by atoms with Crippen LogP contribution in [-0.2, 0) is 13.2 Å². The Balaban J connectivity index is 1.45. The molecule has 0 saturated heterocycles. The van der Waals surface area contributed by atoms with Crippen molar-refractivity contribution in [1.29, 1.82) is 0 Å². The van der Waals surface area contributed by atoms with E-state index in [0.29, 0.717) is 47.2 Å². The number of carbonyl (C=O) groups excluding carboxylic acids is 1. The van der Waals surface area contributed by atoms with E-state index in [4.69, 9.17) is 9.47 Å². The third kappa shape index (κ3) is 4.89. The second-order valence-electron chi connectivity index (χ2n) is 10.2. The van der Waals surface area contributed by atoms with Gasteiger partial charge in [0.2, 0.25) is 0 Å². The highest BCUT2D eigenvalue weighted by atomic mass is 16.5. The molecule has 0 spiro atoms. The molecule has 6 rings (SSSR count). The number of benzene rings is 3. The Hall–Kier alpha value is -5.11. The summed E-state index contributed by atoms with van der Waals surface area (Å²) in [6.07, 6.45) is 3.46. The van der Waals surface area contributed by atoms with Crippen molar-refractivity contribution < 1.29 is 19.4 Å². The summed E-state index contributed by atoms with van der Waals surface area (Å²) in [5, 5.41) is 18.5. The number of hydrogen-bond donors (Lipinski definition) is 2. The maximum absolute atomic E-state index is 13.8. The zero-order valence-corrected chi connectivity index (χ0v) is 23.1. The molecule has 2 aromatic heterocycles. The van der Waals surface area contributed by atoms with Crippen LogP contribution in [-0.4, -0.2) is 38.2 Å². The molecule has 0 aliphatic carbocycles. The number of H-pyrrole nitrogens is 1. The van der Waals surface area contributed by atoms with Gasteiger partial charge in [0.05, 0.1) is 13.2 Å². The summed E-state index contributed by atoms with van der Waals surface area (Å²) in [6, 6.07) is 22.8. The number of phenolic OH excluding ortho intramolecular Hbond substituents is 1. The molecule has 0 saturated carbocycles. The molecule has 3 heterocycles. The van der Waals surface area contributed by atoms with Gasteiger partial charge in [-0.2, -0.15) is 5.10 Å². The number of aromatic hydroxyl groups is 1. The highest BCUT2D eigenvalue weighted by Crippen LogP contribution is 2.47. The number of phenols is 1. The van der Waals surface area contributed by atoms with E-state index < -0.39 is 6.04 Å². The summed E-state index contributed by atoms with van der Waals surface area (Å²) in [4.78, 5) is 19.9. The molecule has 0 fully saturated rings. The van der Waals surface area contributed by atoms with Crippen molar-refractivity contribution >= 4 is 5.91 Å². The van der Waals surface area contributed by atoms with Crippen LogP contribution in [0.1, 0.15) is 49.9 Å². The first kappa shape index (κ1) is 26.1. The second-order valence-corrected chi connectivity index (χ2v) is 10.2. The highest BCUT2D eigenvalue weighted by molar-refractivity contribution is 6.00. The molecule has 1 amide bonds. The molecule has 2 N–H and O–H groups in total. The summed E-state index contributed by atoms with van der Waals surface area (Å²) in [6.45, 7) is 4.56. The van der Waals surface area contributed by atoms with Crippen LogP contribution in [0.5, 0.6) is 17.2 Å². The number of ether oxygens (including phenoxy) is 2. The van der Waals surface area contributed by atoms with E-state index in [2.05, 4.69) is 15.2 Å². The molecule has 1 aliphatic rings. The Bertz CT molecular complexity index is 1720. The molecule has 0 bridgehead atoms. The van der Waals surface area contributed by atoms with E-state index in [9.17, 15) is 9.90 Å². The Morgan fingerprint density at radius 2 is 1.78 bits per heavy atom. The van der Waals surface area contributed by atoms with Crippen LogP contribution >= 0.6 is 0 Å². The number of aromatic amines is 1.